The first-order valence-electron chi connectivity index (χ1n) is 10.2. The summed E-state index contributed by atoms with van der Waals surface area (Å²) in [5.41, 5.74) is 1.13. The predicted octanol–water partition coefficient (Wildman–Crippen LogP) is 3.30. The van der Waals surface area contributed by atoms with Gasteiger partial charge in [-0.3, -0.25) is 19.3 Å². The number of nitrogens with zero attached hydrogens (tertiary/aromatic N) is 3. The summed E-state index contributed by atoms with van der Waals surface area (Å²) < 4.78 is 7.61. The van der Waals surface area contributed by atoms with Gasteiger partial charge in [-0.2, -0.15) is 0 Å². The van der Waals surface area contributed by atoms with E-state index in [0.717, 1.165) is 11.1 Å². The van der Waals surface area contributed by atoms with Crippen molar-refractivity contribution in [3.63, 3.8) is 0 Å². The predicted molar refractivity (Wildman–Crippen MR) is 121 cm³/mol. The van der Waals surface area contributed by atoms with Crippen molar-refractivity contribution in [1.82, 2.24) is 9.58 Å². The molecule has 2 aliphatic heterocycles. The van der Waals surface area contributed by atoms with E-state index < -0.39 is 23.1 Å². The number of hydrogen-bond acceptors (Lipinski definition) is 5. The molecule has 1 atom stereocenters. The number of fused-ring (bicyclic) bond motifs is 5. The Morgan fingerprint density at radius 2 is 1.84 bits per heavy atom. The van der Waals surface area contributed by atoms with Crippen LogP contribution in [-0.2, 0) is 0 Å². The zero-order valence-electron chi connectivity index (χ0n) is 17.0. The number of carbonyl (C=O) groups excluding carboxylic acids is 1. The van der Waals surface area contributed by atoms with Gasteiger partial charge in [-0.15, -0.1) is 0 Å². The molecule has 2 aromatic carbocycles. The molecular formula is C24H20ClN3O4. The van der Waals surface area contributed by atoms with Gasteiger partial charge in [0.25, 0.3) is 5.91 Å². The average Bonchev–Trinajstić information content (AvgIpc) is 2.82. The molecule has 32 heavy (non-hydrogen) atoms. The summed E-state index contributed by atoms with van der Waals surface area (Å²) in [6.07, 6.45) is 5.18. The maximum atomic E-state index is 13.2. The fourth-order valence-corrected chi connectivity index (χ4v) is 4.31. The van der Waals surface area contributed by atoms with E-state index in [4.69, 9.17) is 16.3 Å². The first-order valence-corrected chi connectivity index (χ1v) is 10.6. The second-order valence-electron chi connectivity index (χ2n) is 7.61. The Morgan fingerprint density at radius 3 is 2.66 bits per heavy atom. The number of ether oxygens (including phenoxy) is 1. The van der Waals surface area contributed by atoms with Crippen LogP contribution in [0.25, 0.3) is 0 Å². The van der Waals surface area contributed by atoms with Gasteiger partial charge in [0.1, 0.15) is 25.1 Å². The molecule has 3 aromatic rings. The van der Waals surface area contributed by atoms with Gasteiger partial charge >= 0.3 is 0 Å². The fraction of sp³-hybridized carbons (Fsp3) is 0.167. The van der Waals surface area contributed by atoms with Crippen LogP contribution in [0.1, 0.15) is 27.7 Å². The molecule has 0 spiro atoms. The van der Waals surface area contributed by atoms with Crippen LogP contribution in [0.3, 0.4) is 0 Å². The molecule has 1 N–H and O–H groups in total. The highest BCUT2D eigenvalue weighted by molar-refractivity contribution is 6.30. The Labute approximate surface area is 189 Å². The normalized spacial score (nSPS) is 18.8. The van der Waals surface area contributed by atoms with Crippen molar-refractivity contribution in [2.45, 2.75) is 6.04 Å². The quantitative estimate of drug-likeness (QED) is 0.577. The number of aromatic nitrogens is 1. The molecule has 0 unspecified atom stereocenters. The maximum Gasteiger partial charge on any atom is 0.278 e. The molecule has 5 rings (SSSR count). The van der Waals surface area contributed by atoms with Gasteiger partial charge in [0, 0.05) is 29.4 Å². The van der Waals surface area contributed by atoms with Crippen molar-refractivity contribution in [3.05, 3.63) is 105 Å². The topological polar surface area (TPSA) is 75.0 Å². The van der Waals surface area contributed by atoms with Crippen LogP contribution in [0.5, 0.6) is 11.5 Å². The number of rotatable bonds is 1. The molecular weight excluding hydrogens is 430 g/mol. The zero-order valence-corrected chi connectivity index (χ0v) is 17.8. The highest BCUT2D eigenvalue weighted by atomic mass is 35.5. The number of amides is 1. The lowest BCUT2D eigenvalue weighted by Gasteiger charge is -2.43. The lowest BCUT2D eigenvalue weighted by atomic mass is 9.97. The number of halogens is 1. The largest absolute Gasteiger partial charge is 0.502 e. The summed E-state index contributed by atoms with van der Waals surface area (Å²) >= 11 is 6.28. The van der Waals surface area contributed by atoms with E-state index in [2.05, 4.69) is 0 Å². The Hall–Kier alpha value is -3.71. The lowest BCUT2D eigenvalue weighted by Crippen LogP contribution is -2.55. The summed E-state index contributed by atoms with van der Waals surface area (Å²) in [6.45, 7) is 0.854. The third-order valence-corrected chi connectivity index (χ3v) is 5.88. The zero-order chi connectivity index (χ0) is 22.2. The Balaban J connectivity index is 1.80. The van der Waals surface area contributed by atoms with Crippen LogP contribution in [0.4, 0.5) is 0 Å². The van der Waals surface area contributed by atoms with E-state index in [9.17, 15) is 14.7 Å². The van der Waals surface area contributed by atoms with Gasteiger partial charge in [-0.05, 0) is 23.8 Å². The Kier molecular flexibility index (Phi) is 5.11. The van der Waals surface area contributed by atoms with E-state index >= 15 is 0 Å². The number of hydrogen-bond donors (Lipinski definition) is 1. The van der Waals surface area contributed by atoms with E-state index in [-0.39, 0.29) is 12.4 Å². The van der Waals surface area contributed by atoms with Crippen molar-refractivity contribution in [3.8, 4) is 11.5 Å². The van der Waals surface area contributed by atoms with E-state index in [0.29, 0.717) is 23.9 Å². The van der Waals surface area contributed by atoms with Gasteiger partial charge in [-0.1, -0.05) is 54.1 Å². The van der Waals surface area contributed by atoms with Crippen LogP contribution in [-0.4, -0.2) is 40.4 Å². The first-order chi connectivity index (χ1) is 15.5. The van der Waals surface area contributed by atoms with E-state index in [1.807, 2.05) is 53.6 Å². The van der Waals surface area contributed by atoms with Gasteiger partial charge in [-0.25, -0.2) is 0 Å². The van der Waals surface area contributed by atoms with Crippen LogP contribution >= 0.6 is 11.6 Å². The highest BCUT2D eigenvalue weighted by Gasteiger charge is 2.37. The summed E-state index contributed by atoms with van der Waals surface area (Å²) in [6, 6.07) is 16.1. The van der Waals surface area contributed by atoms with Crippen molar-refractivity contribution in [2.24, 2.45) is 0 Å². The standard InChI is InChI=1S/C24H20ClN3O4/c25-17-8-9-18-20(14-17)32-13-5-4-11-26-15-28(21(18)16-6-2-1-3-7-16)27-12-10-19(29)23(30)22(27)24(26)31/h1-10,12,14,21,30H,11,13,15H2/b5-4-/t21-/m1/s1. The van der Waals surface area contributed by atoms with Gasteiger partial charge in [0.05, 0.1) is 0 Å². The minimum absolute atomic E-state index is 0.0613. The van der Waals surface area contributed by atoms with Gasteiger partial charge < -0.3 is 14.7 Å². The van der Waals surface area contributed by atoms with Crippen molar-refractivity contribution >= 4 is 17.5 Å². The molecule has 3 heterocycles. The van der Waals surface area contributed by atoms with Crippen LogP contribution < -0.4 is 15.2 Å². The fourth-order valence-electron chi connectivity index (χ4n) is 4.15. The number of pyridine rings is 1. The molecule has 0 aliphatic carbocycles. The molecule has 2 bridgehead atoms. The van der Waals surface area contributed by atoms with Gasteiger partial charge in [0.15, 0.2) is 11.4 Å². The molecule has 162 valence electrons. The van der Waals surface area contributed by atoms with Crippen LogP contribution in [0.2, 0.25) is 5.02 Å². The summed E-state index contributed by atoms with van der Waals surface area (Å²) in [4.78, 5) is 26.9. The molecule has 7 nitrogen and oxygen atoms in total. The Morgan fingerprint density at radius 1 is 1.03 bits per heavy atom. The smallest absolute Gasteiger partial charge is 0.278 e. The van der Waals surface area contributed by atoms with Crippen LogP contribution in [0.15, 0.2) is 77.7 Å². The summed E-state index contributed by atoms with van der Waals surface area (Å²) in [5, 5.41) is 13.0. The first kappa shape index (κ1) is 20.2. The second-order valence-corrected chi connectivity index (χ2v) is 8.04. The minimum atomic E-state index is -0.599. The molecule has 0 saturated heterocycles. The third-order valence-electron chi connectivity index (χ3n) is 5.65. The number of aromatic hydroxyl groups is 1. The molecule has 1 amide bonds. The molecule has 2 aliphatic rings. The molecule has 0 radical (unpaired) electrons. The Bertz CT molecular complexity index is 1270. The molecule has 8 heteroatoms. The van der Waals surface area contributed by atoms with Crippen molar-refractivity contribution < 1.29 is 14.6 Å². The number of carbonyl (C=O) groups is 1. The average molecular weight is 450 g/mol. The van der Waals surface area contributed by atoms with Crippen LogP contribution in [0, 0.1) is 0 Å². The summed E-state index contributed by atoms with van der Waals surface area (Å²) in [5.74, 6) is -0.358. The van der Waals surface area contributed by atoms with Gasteiger partial charge in [0.2, 0.25) is 5.43 Å². The number of benzene rings is 2. The maximum absolute atomic E-state index is 13.2. The van der Waals surface area contributed by atoms with Crippen molar-refractivity contribution in [2.75, 3.05) is 24.8 Å². The monoisotopic (exact) mass is 449 g/mol. The van der Waals surface area contributed by atoms with Crippen molar-refractivity contribution in [1.29, 1.82) is 0 Å². The molecule has 0 fully saturated rings. The molecule has 1 aromatic heterocycles. The second kappa shape index (κ2) is 8.09. The third kappa shape index (κ3) is 3.40. The molecule has 0 saturated carbocycles. The van der Waals surface area contributed by atoms with E-state index in [1.165, 1.54) is 12.3 Å². The highest BCUT2D eigenvalue weighted by Crippen LogP contribution is 2.38. The SMILES string of the molecule is O=C1c2c(O)c(=O)ccn2N2CN1C/C=C\COc1cc(Cl)ccc1[C@H]2c1ccccc1. The van der Waals surface area contributed by atoms with E-state index in [1.54, 1.807) is 21.7 Å². The lowest BCUT2D eigenvalue weighted by molar-refractivity contribution is 0.0701. The minimum Gasteiger partial charge on any atom is -0.502 e. The summed E-state index contributed by atoms with van der Waals surface area (Å²) in [7, 11) is 0.